The molecule has 0 atom stereocenters. The van der Waals surface area contributed by atoms with Crippen LogP contribution < -0.4 is 5.32 Å². The summed E-state index contributed by atoms with van der Waals surface area (Å²) in [4.78, 5) is 0. The van der Waals surface area contributed by atoms with Crippen LogP contribution in [0.3, 0.4) is 0 Å². The Balaban J connectivity index is 2.14. The largest absolute Gasteiger partial charge is 0.389 e. The molecule has 1 saturated carbocycles. The summed E-state index contributed by atoms with van der Waals surface area (Å²) >= 11 is 0. The molecular weight excluding hydrogens is 188 g/mol. The van der Waals surface area contributed by atoms with Crippen LogP contribution in [0.15, 0.2) is 0 Å². The second-order valence-electron chi connectivity index (χ2n) is 5.35. The predicted molar refractivity (Wildman–Crippen MR) is 60.3 cm³/mol. The Labute approximate surface area is 92.5 Å². The molecule has 1 rings (SSSR count). The Morgan fingerprint density at radius 2 is 2.00 bits per heavy atom. The molecule has 0 radical (unpaired) electrons. The van der Waals surface area contributed by atoms with Crippen molar-refractivity contribution in [1.29, 1.82) is 5.26 Å². The van der Waals surface area contributed by atoms with E-state index >= 15 is 0 Å². The summed E-state index contributed by atoms with van der Waals surface area (Å²) in [6.07, 6.45) is 4.95. The van der Waals surface area contributed by atoms with Crippen molar-refractivity contribution in [3.05, 3.63) is 0 Å². The Morgan fingerprint density at radius 1 is 1.40 bits per heavy atom. The maximum atomic E-state index is 10.1. The zero-order valence-electron chi connectivity index (χ0n) is 9.84. The van der Waals surface area contributed by atoms with Gasteiger partial charge in [0.1, 0.15) is 0 Å². The Bertz CT molecular complexity index is 236. The topological polar surface area (TPSA) is 56.0 Å². The lowest BCUT2D eigenvalue weighted by atomic mass is 9.91. The summed E-state index contributed by atoms with van der Waals surface area (Å²) < 4.78 is 0. The molecule has 0 heterocycles. The molecule has 1 aliphatic rings. The normalized spacial score (nSPS) is 20.1. The van der Waals surface area contributed by atoms with Crippen LogP contribution in [0.5, 0.6) is 0 Å². The smallest absolute Gasteiger partial charge is 0.0771 e. The molecule has 3 nitrogen and oxygen atoms in total. The number of nitrogens with one attached hydrogen (secondary N) is 1. The molecule has 1 fully saturated rings. The highest BCUT2D eigenvalue weighted by molar-refractivity contribution is 4.92. The summed E-state index contributed by atoms with van der Waals surface area (Å²) in [5, 5.41) is 22.1. The van der Waals surface area contributed by atoms with Crippen LogP contribution in [-0.2, 0) is 0 Å². The lowest BCUT2D eigenvalue weighted by Gasteiger charge is -2.23. The van der Waals surface area contributed by atoms with Crippen LogP contribution in [0.4, 0.5) is 0 Å². The first-order valence-corrected chi connectivity index (χ1v) is 5.82. The molecule has 0 amide bonds. The third-order valence-electron chi connectivity index (χ3n) is 3.22. The molecular formula is C12H22N2O. The van der Waals surface area contributed by atoms with Crippen molar-refractivity contribution in [2.45, 2.75) is 51.6 Å². The van der Waals surface area contributed by atoms with E-state index in [1.165, 1.54) is 0 Å². The fraction of sp³-hybridized carbons (Fsp3) is 0.917. The summed E-state index contributed by atoms with van der Waals surface area (Å²) in [5.41, 5.74) is -0.734. The Morgan fingerprint density at radius 3 is 2.53 bits per heavy atom. The van der Waals surface area contributed by atoms with Crippen molar-refractivity contribution in [1.82, 2.24) is 5.32 Å². The number of aliphatic hydroxyl groups is 1. The fourth-order valence-electron chi connectivity index (χ4n) is 1.99. The van der Waals surface area contributed by atoms with Gasteiger partial charge in [0.2, 0.25) is 0 Å². The number of nitriles is 1. The third-order valence-corrected chi connectivity index (χ3v) is 3.22. The van der Waals surface area contributed by atoms with E-state index in [1.54, 1.807) is 0 Å². The Kier molecular flexibility index (Phi) is 4.12. The summed E-state index contributed by atoms with van der Waals surface area (Å²) in [6, 6.07) is 2.28. The van der Waals surface area contributed by atoms with Gasteiger partial charge in [-0.05, 0) is 39.7 Å². The monoisotopic (exact) mass is 210 g/mol. The maximum Gasteiger partial charge on any atom is 0.0771 e. The van der Waals surface area contributed by atoms with Gasteiger partial charge in [-0.3, -0.25) is 0 Å². The summed E-state index contributed by atoms with van der Waals surface area (Å²) in [7, 11) is 0. The number of nitrogens with zero attached hydrogens (tertiary/aromatic N) is 1. The van der Waals surface area contributed by atoms with E-state index in [2.05, 4.69) is 11.4 Å². The van der Waals surface area contributed by atoms with E-state index in [-0.39, 0.29) is 5.41 Å². The van der Waals surface area contributed by atoms with Gasteiger partial charge in [-0.25, -0.2) is 0 Å². The van der Waals surface area contributed by atoms with Gasteiger partial charge in [-0.1, -0.05) is 12.8 Å². The predicted octanol–water partition coefficient (Wildman–Crippen LogP) is 1.82. The number of hydrogen-bond donors (Lipinski definition) is 2. The Hall–Kier alpha value is -0.590. The SMILES string of the molecule is CC(C)(C#N)CCNCC1(O)CCCC1. The molecule has 0 unspecified atom stereocenters. The van der Waals surface area contributed by atoms with Crippen molar-refractivity contribution in [2.75, 3.05) is 13.1 Å². The van der Waals surface area contributed by atoms with Crippen molar-refractivity contribution >= 4 is 0 Å². The second kappa shape index (κ2) is 4.96. The van der Waals surface area contributed by atoms with E-state index in [0.717, 1.165) is 38.6 Å². The molecule has 0 aromatic carbocycles. The minimum atomic E-state index is -0.475. The van der Waals surface area contributed by atoms with Crippen molar-refractivity contribution in [2.24, 2.45) is 5.41 Å². The molecule has 0 spiro atoms. The van der Waals surface area contributed by atoms with E-state index in [9.17, 15) is 5.11 Å². The number of hydrogen-bond acceptors (Lipinski definition) is 3. The van der Waals surface area contributed by atoms with Crippen molar-refractivity contribution in [3.8, 4) is 6.07 Å². The molecule has 0 bridgehead atoms. The van der Waals surface area contributed by atoms with Crippen LogP contribution in [-0.4, -0.2) is 23.8 Å². The van der Waals surface area contributed by atoms with Gasteiger partial charge in [0.15, 0.2) is 0 Å². The molecule has 86 valence electrons. The third kappa shape index (κ3) is 4.19. The highest BCUT2D eigenvalue weighted by atomic mass is 16.3. The first kappa shape index (κ1) is 12.5. The van der Waals surface area contributed by atoms with Gasteiger partial charge in [0.25, 0.3) is 0 Å². The first-order valence-electron chi connectivity index (χ1n) is 5.82. The standard InChI is InChI=1S/C12H22N2O/c1-11(2,9-13)7-8-14-10-12(15)5-3-4-6-12/h14-15H,3-8,10H2,1-2H3. The van der Waals surface area contributed by atoms with Crippen LogP contribution in [0.25, 0.3) is 0 Å². The minimum absolute atomic E-state index is 0.259. The van der Waals surface area contributed by atoms with E-state index in [4.69, 9.17) is 5.26 Å². The fourth-order valence-corrected chi connectivity index (χ4v) is 1.99. The van der Waals surface area contributed by atoms with Crippen LogP contribution in [0.2, 0.25) is 0 Å². The molecule has 3 heteroatoms. The van der Waals surface area contributed by atoms with Gasteiger partial charge >= 0.3 is 0 Å². The molecule has 0 aromatic rings. The average molecular weight is 210 g/mol. The zero-order chi connectivity index (χ0) is 11.4. The van der Waals surface area contributed by atoms with Crippen LogP contribution >= 0.6 is 0 Å². The van der Waals surface area contributed by atoms with Gasteiger partial charge in [-0.2, -0.15) is 5.26 Å². The summed E-state index contributed by atoms with van der Waals surface area (Å²) in [6.45, 7) is 5.37. The summed E-state index contributed by atoms with van der Waals surface area (Å²) in [5.74, 6) is 0. The first-order chi connectivity index (χ1) is 6.97. The van der Waals surface area contributed by atoms with E-state index in [1.807, 2.05) is 13.8 Å². The van der Waals surface area contributed by atoms with Gasteiger partial charge in [0, 0.05) is 6.54 Å². The molecule has 1 aliphatic carbocycles. The highest BCUT2D eigenvalue weighted by Gasteiger charge is 2.30. The lowest BCUT2D eigenvalue weighted by Crippen LogP contribution is -2.39. The molecule has 15 heavy (non-hydrogen) atoms. The van der Waals surface area contributed by atoms with Crippen LogP contribution in [0.1, 0.15) is 46.0 Å². The van der Waals surface area contributed by atoms with Crippen LogP contribution in [0, 0.1) is 16.7 Å². The number of rotatable bonds is 5. The van der Waals surface area contributed by atoms with Gasteiger partial charge < -0.3 is 10.4 Å². The van der Waals surface area contributed by atoms with Gasteiger partial charge in [0.05, 0.1) is 17.1 Å². The maximum absolute atomic E-state index is 10.1. The average Bonchev–Trinajstić information content (AvgIpc) is 2.61. The quantitative estimate of drug-likeness (QED) is 0.681. The minimum Gasteiger partial charge on any atom is -0.389 e. The highest BCUT2D eigenvalue weighted by Crippen LogP contribution is 2.28. The molecule has 0 aromatic heterocycles. The molecule has 0 aliphatic heterocycles. The van der Waals surface area contributed by atoms with Gasteiger partial charge in [-0.15, -0.1) is 0 Å². The second-order valence-corrected chi connectivity index (χ2v) is 5.35. The van der Waals surface area contributed by atoms with E-state index in [0.29, 0.717) is 6.54 Å². The van der Waals surface area contributed by atoms with Crippen molar-refractivity contribution < 1.29 is 5.11 Å². The van der Waals surface area contributed by atoms with Crippen molar-refractivity contribution in [3.63, 3.8) is 0 Å². The zero-order valence-corrected chi connectivity index (χ0v) is 9.84. The molecule has 2 N–H and O–H groups in total. The molecule has 0 saturated heterocycles. The lowest BCUT2D eigenvalue weighted by molar-refractivity contribution is 0.0474. The van der Waals surface area contributed by atoms with E-state index < -0.39 is 5.60 Å².